The van der Waals surface area contributed by atoms with Gasteiger partial charge in [-0.2, -0.15) is 0 Å². The van der Waals surface area contributed by atoms with E-state index < -0.39 is 11.6 Å². The zero-order chi connectivity index (χ0) is 16.3. The molecule has 22 heavy (non-hydrogen) atoms. The van der Waals surface area contributed by atoms with E-state index in [0.29, 0.717) is 5.92 Å². The molecule has 0 heterocycles. The number of aryl methyl sites for hydroxylation is 1. The summed E-state index contributed by atoms with van der Waals surface area (Å²) < 4.78 is 33.2. The van der Waals surface area contributed by atoms with Crippen molar-refractivity contribution in [2.75, 3.05) is 0 Å². The molecular formula is C18H19ClF2O. The van der Waals surface area contributed by atoms with Gasteiger partial charge in [-0.05, 0) is 54.7 Å². The number of rotatable bonds is 5. The molecule has 0 amide bonds. The van der Waals surface area contributed by atoms with E-state index in [-0.39, 0.29) is 22.9 Å². The van der Waals surface area contributed by atoms with Crippen LogP contribution in [0.1, 0.15) is 30.5 Å². The van der Waals surface area contributed by atoms with Crippen molar-refractivity contribution >= 4 is 11.6 Å². The Labute approximate surface area is 134 Å². The lowest BCUT2D eigenvalue weighted by Crippen LogP contribution is -2.03. The summed E-state index contributed by atoms with van der Waals surface area (Å²) in [4.78, 5) is 0. The van der Waals surface area contributed by atoms with Gasteiger partial charge in [-0.3, -0.25) is 0 Å². The molecule has 4 heteroatoms. The highest BCUT2D eigenvalue weighted by Crippen LogP contribution is 2.26. The molecule has 2 aromatic carbocycles. The van der Waals surface area contributed by atoms with Gasteiger partial charge in [0, 0.05) is 5.56 Å². The van der Waals surface area contributed by atoms with Crippen LogP contribution in [0.25, 0.3) is 0 Å². The summed E-state index contributed by atoms with van der Waals surface area (Å²) in [5, 5.41) is 0.272. The number of benzene rings is 2. The summed E-state index contributed by atoms with van der Waals surface area (Å²) >= 11 is 5.94. The van der Waals surface area contributed by atoms with Gasteiger partial charge in [-0.25, -0.2) is 8.78 Å². The lowest BCUT2D eigenvalue weighted by Gasteiger charge is -2.14. The number of hydrogen-bond donors (Lipinski definition) is 0. The topological polar surface area (TPSA) is 9.23 Å². The fourth-order valence-corrected chi connectivity index (χ4v) is 2.50. The van der Waals surface area contributed by atoms with Crippen molar-refractivity contribution < 1.29 is 13.5 Å². The second kappa shape index (κ2) is 7.10. The monoisotopic (exact) mass is 324 g/mol. The third-order valence-electron chi connectivity index (χ3n) is 3.45. The van der Waals surface area contributed by atoms with Gasteiger partial charge in [0.2, 0.25) is 0 Å². The van der Waals surface area contributed by atoms with Crippen molar-refractivity contribution in [2.45, 2.75) is 33.8 Å². The smallest absolute Gasteiger partial charge is 0.165 e. The molecule has 2 aromatic rings. The Kier molecular flexibility index (Phi) is 5.41. The van der Waals surface area contributed by atoms with Crippen LogP contribution in [0.4, 0.5) is 8.78 Å². The summed E-state index contributed by atoms with van der Waals surface area (Å²) in [7, 11) is 0. The molecule has 0 saturated carbocycles. The second-order valence-corrected chi connectivity index (χ2v) is 6.20. The molecule has 0 radical (unpaired) electrons. The molecule has 118 valence electrons. The van der Waals surface area contributed by atoms with Crippen molar-refractivity contribution in [3.63, 3.8) is 0 Å². The Hall–Kier alpha value is -1.61. The summed E-state index contributed by atoms with van der Waals surface area (Å²) in [5.41, 5.74) is 2.15. The van der Waals surface area contributed by atoms with Gasteiger partial charge < -0.3 is 4.74 Å². The average Bonchev–Trinajstić information content (AvgIpc) is 2.42. The van der Waals surface area contributed by atoms with Gasteiger partial charge >= 0.3 is 0 Å². The summed E-state index contributed by atoms with van der Waals surface area (Å²) in [6, 6.07) is 7.55. The zero-order valence-electron chi connectivity index (χ0n) is 12.9. The predicted molar refractivity (Wildman–Crippen MR) is 85.4 cm³/mol. The molecule has 1 nitrogen and oxygen atoms in total. The maximum atomic E-state index is 14.1. The first-order chi connectivity index (χ1) is 10.4. The van der Waals surface area contributed by atoms with Gasteiger partial charge in [0.15, 0.2) is 11.6 Å². The highest BCUT2D eigenvalue weighted by Gasteiger charge is 2.12. The highest BCUT2D eigenvalue weighted by atomic mass is 35.5. The van der Waals surface area contributed by atoms with E-state index in [1.165, 1.54) is 18.2 Å². The molecule has 0 aromatic heterocycles. The minimum Gasteiger partial charge on any atom is -0.486 e. The van der Waals surface area contributed by atoms with E-state index in [2.05, 4.69) is 13.8 Å². The van der Waals surface area contributed by atoms with Crippen LogP contribution in [0.15, 0.2) is 30.3 Å². The number of hydrogen-bond acceptors (Lipinski definition) is 1. The lowest BCUT2D eigenvalue weighted by atomic mass is 9.98. The summed E-state index contributed by atoms with van der Waals surface area (Å²) in [6.45, 7) is 5.98. The second-order valence-electron chi connectivity index (χ2n) is 5.80. The minimum atomic E-state index is -0.457. The molecule has 0 aliphatic carbocycles. The van der Waals surface area contributed by atoms with Crippen molar-refractivity contribution in [2.24, 2.45) is 5.92 Å². The molecule has 0 spiro atoms. The molecule has 0 fully saturated rings. The number of ether oxygens (including phenoxy) is 1. The molecular weight excluding hydrogens is 306 g/mol. The standard InChI is InChI=1S/C18H19ClF2O/c1-11(2)7-13-9-17(21)18(8-12(13)3)22-10-14-15(19)5-4-6-16(14)20/h4-6,8-9,11H,7,10H2,1-3H3. The van der Waals surface area contributed by atoms with Crippen LogP contribution in [-0.4, -0.2) is 0 Å². The first kappa shape index (κ1) is 16.8. The highest BCUT2D eigenvalue weighted by molar-refractivity contribution is 6.31. The molecule has 0 unspecified atom stereocenters. The Morgan fingerprint density at radius 3 is 2.50 bits per heavy atom. The summed E-state index contributed by atoms with van der Waals surface area (Å²) in [6.07, 6.45) is 0.808. The normalized spacial score (nSPS) is 11.0. The van der Waals surface area contributed by atoms with Gasteiger partial charge in [0.05, 0.1) is 5.02 Å². The Balaban J connectivity index is 2.18. The molecule has 2 rings (SSSR count). The quantitative estimate of drug-likeness (QED) is 0.685. The van der Waals surface area contributed by atoms with E-state index in [0.717, 1.165) is 17.5 Å². The zero-order valence-corrected chi connectivity index (χ0v) is 13.7. The van der Waals surface area contributed by atoms with E-state index in [9.17, 15) is 8.78 Å². The molecule has 0 atom stereocenters. The van der Waals surface area contributed by atoms with E-state index >= 15 is 0 Å². The molecule has 0 saturated heterocycles. The average molecular weight is 325 g/mol. The minimum absolute atomic E-state index is 0.106. The van der Waals surface area contributed by atoms with Gasteiger partial charge in [0.1, 0.15) is 12.4 Å². The fourth-order valence-electron chi connectivity index (χ4n) is 2.29. The summed E-state index contributed by atoms with van der Waals surface area (Å²) in [5.74, 6) is -0.332. The Morgan fingerprint density at radius 2 is 1.86 bits per heavy atom. The van der Waals surface area contributed by atoms with Crippen molar-refractivity contribution in [1.29, 1.82) is 0 Å². The number of halogens is 3. The SMILES string of the molecule is Cc1cc(OCc2c(F)cccc2Cl)c(F)cc1CC(C)C. The lowest BCUT2D eigenvalue weighted by molar-refractivity contribution is 0.284. The fraction of sp³-hybridized carbons (Fsp3) is 0.333. The van der Waals surface area contributed by atoms with Crippen LogP contribution >= 0.6 is 11.6 Å². The van der Waals surface area contributed by atoms with Crippen molar-refractivity contribution in [1.82, 2.24) is 0 Å². The van der Waals surface area contributed by atoms with Crippen LogP contribution in [-0.2, 0) is 13.0 Å². The predicted octanol–water partition coefficient (Wildman–Crippen LogP) is 5.70. The van der Waals surface area contributed by atoms with Gasteiger partial charge in [-0.1, -0.05) is 31.5 Å². The maximum absolute atomic E-state index is 14.1. The first-order valence-corrected chi connectivity index (χ1v) is 7.61. The van der Waals surface area contributed by atoms with E-state index in [1.807, 2.05) is 6.92 Å². The van der Waals surface area contributed by atoms with Crippen LogP contribution in [0, 0.1) is 24.5 Å². The van der Waals surface area contributed by atoms with Crippen molar-refractivity contribution in [3.05, 3.63) is 63.7 Å². The third kappa shape index (κ3) is 3.98. The van der Waals surface area contributed by atoms with E-state index in [4.69, 9.17) is 16.3 Å². The Bertz CT molecular complexity index is 648. The van der Waals surface area contributed by atoms with Crippen LogP contribution in [0.3, 0.4) is 0 Å². The van der Waals surface area contributed by atoms with Crippen LogP contribution in [0.2, 0.25) is 5.02 Å². The molecule has 0 N–H and O–H groups in total. The largest absolute Gasteiger partial charge is 0.486 e. The third-order valence-corrected chi connectivity index (χ3v) is 3.81. The van der Waals surface area contributed by atoms with Crippen molar-refractivity contribution in [3.8, 4) is 5.75 Å². The first-order valence-electron chi connectivity index (χ1n) is 7.23. The van der Waals surface area contributed by atoms with E-state index in [1.54, 1.807) is 12.1 Å². The van der Waals surface area contributed by atoms with Crippen LogP contribution < -0.4 is 4.74 Å². The van der Waals surface area contributed by atoms with Crippen LogP contribution in [0.5, 0.6) is 5.75 Å². The Morgan fingerprint density at radius 1 is 1.14 bits per heavy atom. The van der Waals surface area contributed by atoms with Gasteiger partial charge in [0.25, 0.3) is 0 Å². The van der Waals surface area contributed by atoms with Gasteiger partial charge in [-0.15, -0.1) is 0 Å². The molecule has 0 bridgehead atoms. The molecule has 0 aliphatic rings. The molecule has 0 aliphatic heterocycles. The maximum Gasteiger partial charge on any atom is 0.165 e.